The molecule has 3 saturated heterocycles. The van der Waals surface area contributed by atoms with Gasteiger partial charge in [-0.1, -0.05) is 0 Å². The monoisotopic (exact) mass is 373 g/mol. The summed E-state index contributed by atoms with van der Waals surface area (Å²) in [5, 5.41) is 4.30. The van der Waals surface area contributed by atoms with Crippen molar-refractivity contribution >= 4 is 57.8 Å². The van der Waals surface area contributed by atoms with Crippen LogP contribution in [0.4, 0.5) is 5.69 Å². The van der Waals surface area contributed by atoms with E-state index in [1.165, 1.54) is 25.9 Å². The molecular formula is C16H21Cl2N3OS. The first-order valence-corrected chi connectivity index (χ1v) is 8.33. The lowest BCUT2D eigenvalue weighted by atomic mass is 9.84. The molecule has 5 rings (SSSR count). The molecule has 0 saturated carbocycles. The summed E-state index contributed by atoms with van der Waals surface area (Å²) in [6.07, 6.45) is 2.43. The summed E-state index contributed by atoms with van der Waals surface area (Å²) in [6.45, 7) is 3.40. The Morgan fingerprint density at radius 1 is 1.22 bits per heavy atom. The van der Waals surface area contributed by atoms with Gasteiger partial charge in [-0.25, -0.2) is 0 Å². The zero-order valence-corrected chi connectivity index (χ0v) is 15.1. The number of benzene rings is 1. The summed E-state index contributed by atoms with van der Waals surface area (Å²) in [5.41, 5.74) is 6.54. The van der Waals surface area contributed by atoms with E-state index in [0.717, 1.165) is 27.2 Å². The van der Waals surface area contributed by atoms with Crippen molar-refractivity contribution in [3.8, 4) is 0 Å². The Morgan fingerprint density at radius 3 is 2.61 bits per heavy atom. The second kappa shape index (κ2) is 7.26. The lowest BCUT2D eigenvalue weighted by Crippen LogP contribution is -2.57. The van der Waals surface area contributed by atoms with Crippen molar-refractivity contribution < 1.29 is 4.79 Å². The number of nitrogens with two attached hydrogens (primary N) is 1. The smallest absolute Gasteiger partial charge is 0.261 e. The predicted molar refractivity (Wildman–Crippen MR) is 101 cm³/mol. The molecule has 23 heavy (non-hydrogen) atoms. The Morgan fingerprint density at radius 2 is 1.96 bits per heavy atom. The standard InChI is InChI=1S/C16H19N3OS.2ClH/c17-12-1-2-14-11(7-12)8-15(21-14)16(20)18-13-9-19-5-3-10(13)4-6-19;;/h1-2,7-8,10,13H,3-6,9,17H2,(H,18,20);2*1H/t13-;;/m1../s1. The summed E-state index contributed by atoms with van der Waals surface area (Å²) >= 11 is 1.54. The molecule has 3 aliphatic rings. The first kappa shape index (κ1) is 18.3. The van der Waals surface area contributed by atoms with Gasteiger partial charge in [0.15, 0.2) is 0 Å². The van der Waals surface area contributed by atoms with Crippen LogP contribution < -0.4 is 11.1 Å². The zero-order valence-electron chi connectivity index (χ0n) is 12.7. The molecule has 0 spiro atoms. The fourth-order valence-electron chi connectivity index (χ4n) is 3.54. The van der Waals surface area contributed by atoms with Crippen molar-refractivity contribution in [3.05, 3.63) is 29.1 Å². The van der Waals surface area contributed by atoms with Crippen molar-refractivity contribution in [1.82, 2.24) is 10.2 Å². The number of hydrogen-bond acceptors (Lipinski definition) is 4. The van der Waals surface area contributed by atoms with Gasteiger partial charge in [0.05, 0.1) is 4.88 Å². The molecule has 2 bridgehead atoms. The minimum Gasteiger partial charge on any atom is -0.399 e. The number of carbonyl (C=O) groups is 1. The highest BCUT2D eigenvalue weighted by Gasteiger charge is 2.35. The normalized spacial score (nSPS) is 25.5. The van der Waals surface area contributed by atoms with Gasteiger partial charge in [0, 0.05) is 23.0 Å². The van der Waals surface area contributed by atoms with E-state index in [1.54, 1.807) is 11.3 Å². The average molecular weight is 374 g/mol. The van der Waals surface area contributed by atoms with E-state index >= 15 is 0 Å². The summed E-state index contributed by atoms with van der Waals surface area (Å²) in [6, 6.07) is 8.06. The van der Waals surface area contributed by atoms with Crippen LogP contribution in [-0.4, -0.2) is 36.5 Å². The lowest BCUT2D eigenvalue weighted by Gasteiger charge is -2.44. The maximum atomic E-state index is 12.5. The molecule has 0 aliphatic carbocycles. The van der Waals surface area contributed by atoms with Crippen molar-refractivity contribution in [3.63, 3.8) is 0 Å². The molecule has 126 valence electrons. The second-order valence-corrected chi connectivity index (χ2v) is 7.21. The van der Waals surface area contributed by atoms with Crippen LogP contribution in [0, 0.1) is 5.92 Å². The molecule has 3 N–H and O–H groups in total. The first-order chi connectivity index (χ1) is 10.2. The molecule has 0 unspecified atom stereocenters. The van der Waals surface area contributed by atoms with Crippen molar-refractivity contribution in [1.29, 1.82) is 0 Å². The van der Waals surface area contributed by atoms with Gasteiger partial charge in [0.25, 0.3) is 5.91 Å². The Hall–Kier alpha value is -1.01. The number of anilines is 1. The number of nitrogens with one attached hydrogen (secondary N) is 1. The molecule has 7 heteroatoms. The summed E-state index contributed by atoms with van der Waals surface area (Å²) in [4.78, 5) is 15.7. The first-order valence-electron chi connectivity index (χ1n) is 7.51. The Balaban J connectivity index is 0.000000960. The van der Waals surface area contributed by atoms with Crippen LogP contribution in [0.15, 0.2) is 24.3 Å². The molecular weight excluding hydrogens is 353 g/mol. The number of hydrogen-bond donors (Lipinski definition) is 2. The molecule has 4 heterocycles. The summed E-state index contributed by atoms with van der Waals surface area (Å²) < 4.78 is 1.11. The van der Waals surface area contributed by atoms with E-state index in [0.29, 0.717) is 12.0 Å². The number of fused-ring (bicyclic) bond motifs is 4. The highest BCUT2D eigenvalue weighted by molar-refractivity contribution is 7.20. The van der Waals surface area contributed by atoms with Crippen LogP contribution in [0.25, 0.3) is 10.1 Å². The molecule has 1 aromatic heterocycles. The van der Waals surface area contributed by atoms with Gasteiger partial charge < -0.3 is 16.0 Å². The van der Waals surface area contributed by atoms with Crippen LogP contribution in [-0.2, 0) is 0 Å². The molecule has 4 nitrogen and oxygen atoms in total. The Kier molecular flexibility index (Phi) is 5.79. The van der Waals surface area contributed by atoms with Crippen molar-refractivity contribution in [2.75, 3.05) is 25.4 Å². The minimum absolute atomic E-state index is 0. The fourth-order valence-corrected chi connectivity index (χ4v) is 4.49. The highest BCUT2D eigenvalue weighted by Crippen LogP contribution is 2.30. The Bertz CT molecular complexity index is 698. The van der Waals surface area contributed by atoms with Gasteiger partial charge >= 0.3 is 0 Å². The summed E-state index contributed by atoms with van der Waals surface area (Å²) in [5.74, 6) is 0.720. The molecule has 1 atom stereocenters. The third kappa shape index (κ3) is 3.58. The quantitative estimate of drug-likeness (QED) is 0.794. The van der Waals surface area contributed by atoms with Gasteiger partial charge in [0.1, 0.15) is 0 Å². The lowest BCUT2D eigenvalue weighted by molar-refractivity contribution is 0.0622. The zero-order chi connectivity index (χ0) is 14.4. The van der Waals surface area contributed by atoms with E-state index in [-0.39, 0.29) is 30.7 Å². The van der Waals surface area contributed by atoms with E-state index in [4.69, 9.17) is 5.73 Å². The van der Waals surface area contributed by atoms with E-state index < -0.39 is 0 Å². The Labute approximate surface area is 152 Å². The number of carbonyl (C=O) groups excluding carboxylic acids is 1. The predicted octanol–water partition coefficient (Wildman–Crippen LogP) is 3.15. The van der Waals surface area contributed by atoms with E-state index in [1.807, 2.05) is 24.3 Å². The van der Waals surface area contributed by atoms with Crippen LogP contribution in [0.2, 0.25) is 0 Å². The minimum atomic E-state index is 0. The van der Waals surface area contributed by atoms with Crippen LogP contribution in [0.3, 0.4) is 0 Å². The topological polar surface area (TPSA) is 58.4 Å². The molecule has 3 fully saturated rings. The van der Waals surface area contributed by atoms with Gasteiger partial charge in [-0.15, -0.1) is 36.2 Å². The van der Waals surface area contributed by atoms with Crippen LogP contribution in [0.1, 0.15) is 22.5 Å². The summed E-state index contributed by atoms with van der Waals surface area (Å²) in [7, 11) is 0. The third-order valence-corrected chi connectivity index (χ3v) is 5.85. The van der Waals surface area contributed by atoms with Gasteiger partial charge in [-0.3, -0.25) is 4.79 Å². The molecule has 0 radical (unpaired) electrons. The van der Waals surface area contributed by atoms with E-state index in [9.17, 15) is 4.79 Å². The average Bonchev–Trinajstić information content (AvgIpc) is 2.91. The van der Waals surface area contributed by atoms with Crippen LogP contribution >= 0.6 is 36.2 Å². The molecule has 1 amide bonds. The number of nitrogens with zero attached hydrogens (tertiary/aromatic N) is 1. The maximum absolute atomic E-state index is 12.5. The molecule has 1 aromatic carbocycles. The van der Waals surface area contributed by atoms with Gasteiger partial charge in [-0.2, -0.15) is 0 Å². The number of halogens is 2. The molecule has 3 aliphatic heterocycles. The van der Waals surface area contributed by atoms with Crippen molar-refractivity contribution in [2.24, 2.45) is 5.92 Å². The van der Waals surface area contributed by atoms with Crippen LogP contribution in [0.5, 0.6) is 0 Å². The maximum Gasteiger partial charge on any atom is 0.261 e. The largest absolute Gasteiger partial charge is 0.399 e. The number of thiophene rings is 1. The molecule has 2 aromatic rings. The van der Waals surface area contributed by atoms with E-state index in [2.05, 4.69) is 10.2 Å². The second-order valence-electron chi connectivity index (χ2n) is 6.13. The number of rotatable bonds is 2. The van der Waals surface area contributed by atoms with Gasteiger partial charge in [-0.05, 0) is 61.5 Å². The number of amides is 1. The van der Waals surface area contributed by atoms with Crippen molar-refractivity contribution in [2.45, 2.75) is 18.9 Å². The SMILES string of the molecule is Cl.Cl.Nc1ccc2sc(C(=O)N[C@@H]3CN4CCC3CC4)cc2c1. The number of nitrogen functional groups attached to an aromatic ring is 1. The highest BCUT2D eigenvalue weighted by atomic mass is 35.5. The number of piperidine rings is 3. The fraction of sp³-hybridized carbons (Fsp3) is 0.438. The van der Waals surface area contributed by atoms with Gasteiger partial charge in [0.2, 0.25) is 0 Å². The third-order valence-electron chi connectivity index (χ3n) is 4.74.